The predicted octanol–water partition coefficient (Wildman–Crippen LogP) is 4.32. The largest absolute Gasteiger partial charge is 0.467 e. The Kier molecular flexibility index (Phi) is 7.68. The van der Waals surface area contributed by atoms with E-state index in [1.807, 2.05) is 4.57 Å². The first-order valence-electron chi connectivity index (χ1n) is 12.3. The van der Waals surface area contributed by atoms with E-state index >= 15 is 0 Å². The molecular weight excluding hydrogens is 420 g/mol. The molecule has 1 saturated carbocycles. The summed E-state index contributed by atoms with van der Waals surface area (Å²) in [5.74, 6) is -0.486. The maximum atomic E-state index is 13.6. The summed E-state index contributed by atoms with van der Waals surface area (Å²) in [5, 5.41) is 2.67. The number of rotatable bonds is 6. The van der Waals surface area contributed by atoms with Gasteiger partial charge in [-0.1, -0.05) is 32.1 Å². The number of esters is 1. The molecule has 0 bridgehead atoms. The molecule has 0 aliphatic heterocycles. The fourth-order valence-electron chi connectivity index (χ4n) is 5.25. The van der Waals surface area contributed by atoms with E-state index in [0.717, 1.165) is 56.2 Å². The summed E-state index contributed by atoms with van der Waals surface area (Å²) in [5.41, 5.74) is 2.01. The highest BCUT2D eigenvalue weighted by atomic mass is 16.5. The Morgan fingerprint density at radius 3 is 2.55 bits per heavy atom. The number of hydrogen-bond donors (Lipinski definition) is 1. The molecule has 2 aromatic heterocycles. The van der Waals surface area contributed by atoms with Gasteiger partial charge in [-0.15, -0.1) is 0 Å². The van der Waals surface area contributed by atoms with Crippen LogP contribution in [0.3, 0.4) is 0 Å². The average molecular weight is 455 g/mol. The minimum Gasteiger partial charge on any atom is -0.467 e. The van der Waals surface area contributed by atoms with Gasteiger partial charge in [-0.3, -0.25) is 9.59 Å². The lowest BCUT2D eigenvalue weighted by Gasteiger charge is -2.27. The maximum Gasteiger partial charge on any atom is 0.336 e. The summed E-state index contributed by atoms with van der Waals surface area (Å²) >= 11 is 0. The van der Waals surface area contributed by atoms with Gasteiger partial charge >= 0.3 is 5.97 Å². The summed E-state index contributed by atoms with van der Waals surface area (Å²) in [4.78, 5) is 39.3. The highest BCUT2D eigenvalue weighted by Crippen LogP contribution is 2.27. The second-order valence-electron chi connectivity index (χ2n) is 9.31. The molecule has 1 fully saturated rings. The molecule has 0 spiro atoms. The molecule has 2 aliphatic rings. The van der Waals surface area contributed by atoms with Gasteiger partial charge in [-0.25, -0.2) is 4.79 Å². The van der Waals surface area contributed by atoms with E-state index in [2.05, 4.69) is 5.32 Å². The highest BCUT2D eigenvalue weighted by molar-refractivity contribution is 5.96. The van der Waals surface area contributed by atoms with Crippen molar-refractivity contribution >= 4 is 11.9 Å². The fraction of sp³-hybridized carbons (Fsp3) is 0.577. The van der Waals surface area contributed by atoms with Crippen molar-refractivity contribution in [1.29, 1.82) is 0 Å². The van der Waals surface area contributed by atoms with Gasteiger partial charge in [0.2, 0.25) is 0 Å². The highest BCUT2D eigenvalue weighted by Gasteiger charge is 2.29. The monoisotopic (exact) mass is 454 g/mol. The molecule has 4 rings (SSSR count). The lowest BCUT2D eigenvalue weighted by Crippen LogP contribution is -2.40. The number of furan rings is 1. The van der Waals surface area contributed by atoms with Crippen molar-refractivity contribution in [3.8, 4) is 0 Å². The van der Waals surface area contributed by atoms with Crippen molar-refractivity contribution in [2.24, 2.45) is 5.92 Å². The van der Waals surface area contributed by atoms with E-state index in [-0.39, 0.29) is 16.9 Å². The zero-order valence-corrected chi connectivity index (χ0v) is 19.4. The number of pyridine rings is 1. The first-order chi connectivity index (χ1) is 16.1. The Balaban J connectivity index is 1.70. The first-order valence-corrected chi connectivity index (χ1v) is 12.3. The molecule has 2 heterocycles. The third-order valence-corrected chi connectivity index (χ3v) is 7.05. The third kappa shape index (κ3) is 5.40. The molecule has 0 aromatic carbocycles. The van der Waals surface area contributed by atoms with Crippen LogP contribution in [-0.2, 0) is 28.9 Å². The summed E-state index contributed by atoms with van der Waals surface area (Å²) in [6, 6.07) is 3.89. The lowest BCUT2D eigenvalue weighted by atomic mass is 9.88. The molecule has 2 aromatic rings. The SMILES string of the molecule is COC(=O)C(NC(=O)c1cc2c(n(CC3CCCCC3)c1=O)CCCCCC2)c1ccco1. The van der Waals surface area contributed by atoms with Crippen molar-refractivity contribution in [3.05, 3.63) is 57.4 Å². The minimum absolute atomic E-state index is 0.0885. The molecule has 7 nitrogen and oxygen atoms in total. The van der Waals surface area contributed by atoms with Crippen LogP contribution in [0, 0.1) is 5.92 Å². The minimum atomic E-state index is -1.11. The molecule has 1 unspecified atom stereocenters. The molecule has 0 radical (unpaired) electrons. The van der Waals surface area contributed by atoms with E-state index in [1.165, 1.54) is 39.1 Å². The van der Waals surface area contributed by atoms with E-state index < -0.39 is 17.9 Å². The van der Waals surface area contributed by atoms with E-state index in [9.17, 15) is 14.4 Å². The van der Waals surface area contributed by atoms with Gasteiger partial charge in [-0.2, -0.15) is 0 Å². The molecule has 33 heavy (non-hydrogen) atoms. The van der Waals surface area contributed by atoms with Crippen LogP contribution in [0.1, 0.15) is 91.2 Å². The van der Waals surface area contributed by atoms with Gasteiger partial charge in [0.25, 0.3) is 11.5 Å². The van der Waals surface area contributed by atoms with Crippen LogP contribution >= 0.6 is 0 Å². The molecular formula is C26H34N2O5. The molecule has 2 aliphatic carbocycles. The lowest BCUT2D eigenvalue weighted by molar-refractivity contribution is -0.143. The summed E-state index contributed by atoms with van der Waals surface area (Å²) in [6.07, 6.45) is 13.5. The molecule has 7 heteroatoms. The zero-order valence-electron chi connectivity index (χ0n) is 19.4. The quantitative estimate of drug-likeness (QED) is 0.657. The number of methoxy groups -OCH3 is 1. The Hall–Kier alpha value is -2.83. The maximum absolute atomic E-state index is 13.6. The van der Waals surface area contributed by atoms with Gasteiger partial charge in [0.1, 0.15) is 11.3 Å². The van der Waals surface area contributed by atoms with Crippen LogP contribution in [-0.4, -0.2) is 23.6 Å². The number of amides is 1. The molecule has 0 saturated heterocycles. The average Bonchev–Trinajstić information content (AvgIpc) is 3.35. The van der Waals surface area contributed by atoms with Gasteiger partial charge in [0.15, 0.2) is 6.04 Å². The number of hydrogen-bond acceptors (Lipinski definition) is 5. The van der Waals surface area contributed by atoms with Crippen molar-refractivity contribution in [3.63, 3.8) is 0 Å². The Labute approximate surface area is 194 Å². The topological polar surface area (TPSA) is 90.5 Å². The van der Waals surface area contributed by atoms with Crippen molar-refractivity contribution in [2.45, 2.75) is 83.2 Å². The van der Waals surface area contributed by atoms with Gasteiger partial charge < -0.3 is 19.0 Å². The number of aromatic nitrogens is 1. The van der Waals surface area contributed by atoms with E-state index in [0.29, 0.717) is 12.5 Å². The van der Waals surface area contributed by atoms with Crippen LogP contribution in [0.4, 0.5) is 0 Å². The van der Waals surface area contributed by atoms with Crippen molar-refractivity contribution in [2.75, 3.05) is 7.11 Å². The molecule has 1 atom stereocenters. The third-order valence-electron chi connectivity index (χ3n) is 7.05. The number of carbonyl (C=O) groups is 2. The number of carbonyl (C=O) groups excluding carboxylic acids is 2. The fourth-order valence-corrected chi connectivity index (χ4v) is 5.25. The van der Waals surface area contributed by atoms with Gasteiger partial charge in [0.05, 0.1) is 13.4 Å². The normalized spacial score (nSPS) is 18.0. The van der Waals surface area contributed by atoms with E-state index in [1.54, 1.807) is 18.2 Å². The molecule has 1 amide bonds. The number of fused-ring (bicyclic) bond motifs is 1. The van der Waals surface area contributed by atoms with Gasteiger partial charge in [-0.05, 0) is 68.2 Å². The Morgan fingerprint density at radius 1 is 1.12 bits per heavy atom. The van der Waals surface area contributed by atoms with Crippen molar-refractivity contribution < 1.29 is 18.7 Å². The summed E-state index contributed by atoms with van der Waals surface area (Å²) < 4.78 is 12.1. The zero-order chi connectivity index (χ0) is 23.2. The number of nitrogens with zero attached hydrogens (tertiary/aromatic N) is 1. The number of nitrogens with one attached hydrogen (secondary N) is 1. The Bertz CT molecular complexity index is 1020. The second-order valence-corrected chi connectivity index (χ2v) is 9.31. The van der Waals surface area contributed by atoms with Crippen LogP contribution in [0.25, 0.3) is 0 Å². The van der Waals surface area contributed by atoms with Crippen LogP contribution in [0.15, 0.2) is 33.7 Å². The predicted molar refractivity (Wildman–Crippen MR) is 124 cm³/mol. The molecule has 1 N–H and O–H groups in total. The smallest absolute Gasteiger partial charge is 0.336 e. The van der Waals surface area contributed by atoms with Crippen molar-refractivity contribution in [1.82, 2.24) is 9.88 Å². The van der Waals surface area contributed by atoms with E-state index in [4.69, 9.17) is 9.15 Å². The summed E-state index contributed by atoms with van der Waals surface area (Å²) in [6.45, 7) is 0.668. The Morgan fingerprint density at radius 2 is 1.85 bits per heavy atom. The standard InChI is InChI=1S/C26H34N2O5/c1-32-26(31)23(22-14-9-15-33-22)27-24(29)20-16-19-12-7-2-3-8-13-21(19)28(25(20)30)17-18-10-5-4-6-11-18/h9,14-16,18,23H,2-8,10-13,17H2,1H3,(H,27,29). The van der Waals surface area contributed by atoms with Crippen LogP contribution in [0.2, 0.25) is 0 Å². The number of ether oxygens (including phenoxy) is 1. The number of aryl methyl sites for hydroxylation is 1. The van der Waals surface area contributed by atoms with Gasteiger partial charge in [0, 0.05) is 12.2 Å². The van der Waals surface area contributed by atoms with Crippen LogP contribution < -0.4 is 10.9 Å². The second kappa shape index (κ2) is 10.9. The molecule has 178 valence electrons. The summed E-state index contributed by atoms with van der Waals surface area (Å²) in [7, 11) is 1.26. The van der Waals surface area contributed by atoms with Crippen LogP contribution in [0.5, 0.6) is 0 Å². The first kappa shape index (κ1) is 23.3.